The minimum atomic E-state index is 0.874. The molecule has 0 saturated heterocycles. The van der Waals surface area contributed by atoms with Crippen LogP contribution in [0.25, 0.3) is 0 Å². The molecule has 1 heteroatoms. The molecule has 64 valence electrons. The molecule has 0 spiro atoms. The fourth-order valence-corrected chi connectivity index (χ4v) is 2.01. The van der Waals surface area contributed by atoms with Gasteiger partial charge < -0.3 is 5.32 Å². The van der Waals surface area contributed by atoms with Gasteiger partial charge in [-0.05, 0) is 44.4 Å². The Morgan fingerprint density at radius 2 is 1.27 bits per heavy atom. The van der Waals surface area contributed by atoms with E-state index in [1.165, 1.54) is 38.5 Å². The smallest absolute Gasteiger partial charge is 0.00708 e. The first-order chi connectivity index (χ1) is 5.34. The van der Waals surface area contributed by atoms with Crippen molar-refractivity contribution in [1.82, 2.24) is 5.32 Å². The number of rotatable bonds is 2. The molecule has 1 N–H and O–H groups in total. The highest BCUT2D eigenvalue weighted by Crippen LogP contribution is 2.27. The van der Waals surface area contributed by atoms with Gasteiger partial charge in [0.2, 0.25) is 0 Å². The van der Waals surface area contributed by atoms with Gasteiger partial charge in [-0.15, -0.1) is 0 Å². The summed E-state index contributed by atoms with van der Waals surface area (Å²) in [7, 11) is 0. The van der Waals surface area contributed by atoms with Crippen molar-refractivity contribution in [2.75, 3.05) is 0 Å². The molecule has 2 aliphatic carbocycles. The zero-order chi connectivity index (χ0) is 7.68. The van der Waals surface area contributed by atoms with E-state index in [-0.39, 0.29) is 0 Å². The van der Waals surface area contributed by atoms with E-state index in [0.29, 0.717) is 0 Å². The van der Waals surface area contributed by atoms with Crippen LogP contribution in [0.4, 0.5) is 0 Å². The highest BCUT2D eigenvalue weighted by Gasteiger charge is 2.26. The van der Waals surface area contributed by atoms with Gasteiger partial charge in [-0.2, -0.15) is 0 Å². The lowest BCUT2D eigenvalue weighted by Crippen LogP contribution is -2.34. The zero-order valence-electron chi connectivity index (χ0n) is 7.47. The average molecular weight is 153 g/mol. The maximum absolute atomic E-state index is 3.71. The van der Waals surface area contributed by atoms with Crippen LogP contribution in [-0.2, 0) is 0 Å². The Bertz CT molecular complexity index is 121. The molecule has 0 unspecified atom stereocenters. The second-order valence-electron chi connectivity index (χ2n) is 4.40. The van der Waals surface area contributed by atoms with Crippen LogP contribution < -0.4 is 5.32 Å². The standard InChI is InChI=1S/C10H19N/c1-8-2-4-9(5-3-8)11-10-6-7-10/h8-11H,2-7H2,1H3/t8-,9+. The van der Waals surface area contributed by atoms with E-state index in [1.54, 1.807) is 0 Å². The molecular weight excluding hydrogens is 134 g/mol. The molecule has 0 aromatic carbocycles. The van der Waals surface area contributed by atoms with Crippen molar-refractivity contribution < 1.29 is 0 Å². The molecule has 2 saturated carbocycles. The molecule has 0 bridgehead atoms. The Balaban J connectivity index is 1.69. The van der Waals surface area contributed by atoms with E-state index in [1.807, 2.05) is 0 Å². The van der Waals surface area contributed by atoms with E-state index in [2.05, 4.69) is 12.2 Å². The van der Waals surface area contributed by atoms with Crippen molar-refractivity contribution in [3.05, 3.63) is 0 Å². The topological polar surface area (TPSA) is 12.0 Å². The molecule has 2 rings (SSSR count). The van der Waals surface area contributed by atoms with Crippen LogP contribution >= 0.6 is 0 Å². The fourth-order valence-electron chi connectivity index (χ4n) is 2.01. The predicted molar refractivity (Wildman–Crippen MR) is 47.6 cm³/mol. The van der Waals surface area contributed by atoms with Crippen molar-refractivity contribution in [3.63, 3.8) is 0 Å². The lowest BCUT2D eigenvalue weighted by atomic mass is 9.87. The van der Waals surface area contributed by atoms with Crippen LogP contribution in [0.5, 0.6) is 0 Å². The van der Waals surface area contributed by atoms with Gasteiger partial charge >= 0.3 is 0 Å². The van der Waals surface area contributed by atoms with Gasteiger partial charge in [-0.3, -0.25) is 0 Å². The first kappa shape index (κ1) is 7.60. The Morgan fingerprint density at radius 3 is 1.73 bits per heavy atom. The van der Waals surface area contributed by atoms with Crippen LogP contribution in [0, 0.1) is 5.92 Å². The van der Waals surface area contributed by atoms with Crippen LogP contribution in [0.15, 0.2) is 0 Å². The predicted octanol–water partition coefficient (Wildman–Crippen LogP) is 2.32. The summed E-state index contributed by atoms with van der Waals surface area (Å²) < 4.78 is 0. The summed E-state index contributed by atoms with van der Waals surface area (Å²) in [6, 6.07) is 1.78. The van der Waals surface area contributed by atoms with Crippen molar-refractivity contribution in [3.8, 4) is 0 Å². The molecule has 11 heavy (non-hydrogen) atoms. The average Bonchev–Trinajstić information content (AvgIpc) is 2.78. The van der Waals surface area contributed by atoms with Crippen molar-refractivity contribution in [2.24, 2.45) is 5.92 Å². The third kappa shape index (κ3) is 2.19. The molecule has 0 aromatic rings. The van der Waals surface area contributed by atoms with Crippen LogP contribution in [0.1, 0.15) is 45.4 Å². The summed E-state index contributed by atoms with van der Waals surface area (Å²) in [5.41, 5.74) is 0. The van der Waals surface area contributed by atoms with Gasteiger partial charge in [0, 0.05) is 12.1 Å². The van der Waals surface area contributed by atoms with Gasteiger partial charge in [0.25, 0.3) is 0 Å². The Hall–Kier alpha value is -0.0400. The van der Waals surface area contributed by atoms with Gasteiger partial charge in [0.15, 0.2) is 0 Å². The van der Waals surface area contributed by atoms with E-state index in [0.717, 1.165) is 18.0 Å². The Kier molecular flexibility index (Phi) is 2.17. The van der Waals surface area contributed by atoms with E-state index in [9.17, 15) is 0 Å². The highest BCUT2D eigenvalue weighted by atomic mass is 15.0. The maximum atomic E-state index is 3.71. The summed E-state index contributed by atoms with van der Waals surface area (Å²) in [5, 5.41) is 3.71. The maximum Gasteiger partial charge on any atom is 0.00708 e. The largest absolute Gasteiger partial charge is 0.311 e. The summed E-state index contributed by atoms with van der Waals surface area (Å²) in [6.45, 7) is 2.38. The molecule has 2 fully saturated rings. The zero-order valence-corrected chi connectivity index (χ0v) is 7.47. The number of nitrogens with one attached hydrogen (secondary N) is 1. The summed E-state index contributed by atoms with van der Waals surface area (Å²) in [4.78, 5) is 0. The SMILES string of the molecule is C[C@H]1CC[C@@H](NC2CC2)CC1. The monoisotopic (exact) mass is 153 g/mol. The van der Waals surface area contributed by atoms with Gasteiger partial charge in [-0.25, -0.2) is 0 Å². The first-order valence-corrected chi connectivity index (χ1v) is 5.10. The minimum Gasteiger partial charge on any atom is -0.311 e. The third-order valence-electron chi connectivity index (χ3n) is 3.06. The molecule has 0 atom stereocenters. The van der Waals surface area contributed by atoms with Gasteiger partial charge in [0.1, 0.15) is 0 Å². The van der Waals surface area contributed by atoms with Crippen molar-refractivity contribution in [2.45, 2.75) is 57.5 Å². The highest BCUT2D eigenvalue weighted by molar-refractivity contribution is 4.86. The van der Waals surface area contributed by atoms with Crippen LogP contribution in [0.3, 0.4) is 0 Å². The van der Waals surface area contributed by atoms with E-state index >= 15 is 0 Å². The first-order valence-electron chi connectivity index (χ1n) is 5.10. The molecule has 0 amide bonds. The molecule has 0 aliphatic heterocycles. The second-order valence-corrected chi connectivity index (χ2v) is 4.40. The quantitative estimate of drug-likeness (QED) is 0.642. The molecule has 2 aliphatic rings. The van der Waals surface area contributed by atoms with Crippen LogP contribution in [0.2, 0.25) is 0 Å². The number of hydrogen-bond donors (Lipinski definition) is 1. The molecule has 0 aromatic heterocycles. The Morgan fingerprint density at radius 1 is 0.818 bits per heavy atom. The third-order valence-corrected chi connectivity index (χ3v) is 3.06. The van der Waals surface area contributed by atoms with Crippen LogP contribution in [-0.4, -0.2) is 12.1 Å². The molecule has 1 nitrogen and oxygen atoms in total. The lowest BCUT2D eigenvalue weighted by Gasteiger charge is -2.26. The van der Waals surface area contributed by atoms with Gasteiger partial charge in [-0.1, -0.05) is 6.92 Å². The second kappa shape index (κ2) is 3.14. The van der Waals surface area contributed by atoms with E-state index in [4.69, 9.17) is 0 Å². The normalized spacial score (nSPS) is 39.0. The number of hydrogen-bond acceptors (Lipinski definition) is 1. The summed E-state index contributed by atoms with van der Waals surface area (Å²) in [6.07, 6.45) is 8.63. The summed E-state index contributed by atoms with van der Waals surface area (Å²) >= 11 is 0. The lowest BCUT2D eigenvalue weighted by molar-refractivity contribution is 0.306. The van der Waals surface area contributed by atoms with Crippen molar-refractivity contribution >= 4 is 0 Å². The molecule has 0 heterocycles. The van der Waals surface area contributed by atoms with E-state index < -0.39 is 0 Å². The Labute approximate surface area is 69.6 Å². The molecule has 0 radical (unpaired) electrons. The fraction of sp³-hybridized carbons (Fsp3) is 1.00. The molecular formula is C10H19N. The minimum absolute atomic E-state index is 0.874. The van der Waals surface area contributed by atoms with Gasteiger partial charge in [0.05, 0.1) is 0 Å². The van der Waals surface area contributed by atoms with Crippen molar-refractivity contribution in [1.29, 1.82) is 0 Å². The summed E-state index contributed by atoms with van der Waals surface area (Å²) in [5.74, 6) is 0.993.